The number of sulfonamides is 1. The summed E-state index contributed by atoms with van der Waals surface area (Å²) in [4.78, 5) is 8.75. The third-order valence-corrected chi connectivity index (χ3v) is 4.68. The summed E-state index contributed by atoms with van der Waals surface area (Å²) in [6, 6.07) is 6.26. The largest absolute Gasteiger partial charge is 0.372 e. The highest BCUT2D eigenvalue weighted by Gasteiger charge is 2.12. The van der Waals surface area contributed by atoms with E-state index in [0.29, 0.717) is 28.9 Å². The van der Waals surface area contributed by atoms with E-state index in [2.05, 4.69) is 20.6 Å². The molecule has 1 aromatic heterocycles. The molecule has 0 aliphatic carbocycles. The first kappa shape index (κ1) is 18.2. The lowest BCUT2D eigenvalue weighted by Gasteiger charge is -2.13. The third-order valence-electron chi connectivity index (χ3n) is 3.20. The number of benzene rings is 1. The molecule has 0 amide bonds. The van der Waals surface area contributed by atoms with Crippen molar-refractivity contribution in [3.8, 4) is 0 Å². The number of aromatic nitrogens is 2. The molecular formula is C14H18N6O2S2. The van der Waals surface area contributed by atoms with Gasteiger partial charge in [-0.2, -0.15) is 0 Å². The summed E-state index contributed by atoms with van der Waals surface area (Å²) in [5.41, 5.74) is 1.41. The van der Waals surface area contributed by atoms with Gasteiger partial charge < -0.3 is 16.0 Å². The molecule has 0 unspecified atom stereocenters. The van der Waals surface area contributed by atoms with Gasteiger partial charge in [0.05, 0.1) is 10.5 Å². The molecule has 128 valence electrons. The van der Waals surface area contributed by atoms with Crippen LogP contribution in [0.2, 0.25) is 0 Å². The van der Waals surface area contributed by atoms with Crippen molar-refractivity contribution in [2.75, 3.05) is 23.9 Å². The average molecular weight is 366 g/mol. The second-order valence-corrected chi connectivity index (χ2v) is 7.09. The predicted molar refractivity (Wildman–Crippen MR) is 96.4 cm³/mol. The topological polar surface area (TPSA) is 134 Å². The Bertz CT molecular complexity index is 837. The molecular weight excluding hydrogens is 348 g/mol. The van der Waals surface area contributed by atoms with E-state index in [-0.39, 0.29) is 4.90 Å². The van der Waals surface area contributed by atoms with Gasteiger partial charge in [0.1, 0.15) is 11.6 Å². The molecule has 0 atom stereocenters. The van der Waals surface area contributed by atoms with E-state index in [1.165, 1.54) is 30.1 Å². The van der Waals surface area contributed by atoms with Crippen molar-refractivity contribution in [1.82, 2.24) is 9.97 Å². The molecule has 10 heteroatoms. The summed E-state index contributed by atoms with van der Waals surface area (Å²) in [5.74, 6) is 1.10. The molecule has 0 bridgehead atoms. The van der Waals surface area contributed by atoms with Crippen LogP contribution >= 0.6 is 11.8 Å². The minimum atomic E-state index is -3.70. The Kier molecular flexibility index (Phi) is 5.75. The summed E-state index contributed by atoms with van der Waals surface area (Å²) < 4.78 is 22.5. The molecule has 0 fully saturated rings. The quantitative estimate of drug-likeness (QED) is 0.331. The Labute approximate surface area is 144 Å². The van der Waals surface area contributed by atoms with E-state index in [9.17, 15) is 8.42 Å². The van der Waals surface area contributed by atoms with Gasteiger partial charge in [-0.1, -0.05) is 23.9 Å². The average Bonchev–Trinajstić information content (AvgIpc) is 2.58. The van der Waals surface area contributed by atoms with Gasteiger partial charge in [-0.05, 0) is 24.0 Å². The molecule has 0 saturated carbocycles. The Morgan fingerprint density at radius 1 is 1.25 bits per heavy atom. The molecule has 0 spiro atoms. The van der Waals surface area contributed by atoms with Gasteiger partial charge in [-0.3, -0.25) is 0 Å². The molecule has 0 aliphatic heterocycles. The van der Waals surface area contributed by atoms with Gasteiger partial charge in [-0.25, -0.2) is 23.5 Å². The van der Waals surface area contributed by atoms with Crippen LogP contribution < -0.4 is 15.8 Å². The molecule has 8 nitrogen and oxygen atoms in total. The van der Waals surface area contributed by atoms with Crippen LogP contribution in [0.25, 0.3) is 0 Å². The molecule has 0 saturated heterocycles. The Morgan fingerprint density at radius 3 is 2.38 bits per heavy atom. The Hall–Kier alpha value is -2.17. The summed E-state index contributed by atoms with van der Waals surface area (Å²) in [6.07, 6.45) is 3.05. The number of primary sulfonamides is 1. The first-order chi connectivity index (χ1) is 11.4. The van der Waals surface area contributed by atoms with Crippen molar-refractivity contribution in [2.45, 2.75) is 16.6 Å². The van der Waals surface area contributed by atoms with E-state index in [4.69, 9.17) is 10.5 Å². The molecule has 2 aromatic rings. The molecule has 2 rings (SSSR count). The minimum absolute atomic E-state index is 0.0654. The molecule has 1 aromatic carbocycles. The standard InChI is InChI=1S/C14H18N6O2S2/c1-17-12-11(7-15)13(20-14(19-12)23-2)18-8-9-3-5-10(6-4-9)24(16,21)22/h3-7,15H,8H2,1-2H3,(H2,16,21,22)(H2,17,18,19,20). The maximum absolute atomic E-state index is 11.3. The van der Waals surface area contributed by atoms with Crippen LogP contribution in [0.15, 0.2) is 34.3 Å². The number of anilines is 2. The van der Waals surface area contributed by atoms with Gasteiger partial charge >= 0.3 is 0 Å². The molecule has 24 heavy (non-hydrogen) atoms. The minimum Gasteiger partial charge on any atom is -0.372 e. The molecule has 1 heterocycles. The Morgan fingerprint density at radius 2 is 1.88 bits per heavy atom. The first-order valence-electron chi connectivity index (χ1n) is 6.89. The highest BCUT2D eigenvalue weighted by Crippen LogP contribution is 2.23. The van der Waals surface area contributed by atoms with Gasteiger partial charge in [-0.15, -0.1) is 0 Å². The molecule has 0 aliphatic rings. The van der Waals surface area contributed by atoms with Crippen molar-refractivity contribution in [3.63, 3.8) is 0 Å². The summed E-state index contributed by atoms with van der Waals surface area (Å²) in [6.45, 7) is 0.416. The van der Waals surface area contributed by atoms with Crippen molar-refractivity contribution >= 4 is 39.6 Å². The number of nitrogens with zero attached hydrogens (tertiary/aromatic N) is 2. The van der Waals surface area contributed by atoms with Crippen molar-refractivity contribution < 1.29 is 8.42 Å². The van der Waals surface area contributed by atoms with Crippen LogP contribution in [0, 0.1) is 5.41 Å². The monoisotopic (exact) mass is 366 g/mol. The van der Waals surface area contributed by atoms with Gasteiger partial charge in [0.2, 0.25) is 10.0 Å². The van der Waals surface area contributed by atoms with Gasteiger partial charge in [0.25, 0.3) is 0 Å². The molecule has 5 N–H and O–H groups in total. The number of nitrogens with one attached hydrogen (secondary N) is 3. The number of hydrogen-bond acceptors (Lipinski definition) is 8. The van der Waals surface area contributed by atoms with Gasteiger partial charge in [0.15, 0.2) is 5.16 Å². The van der Waals surface area contributed by atoms with E-state index in [1.54, 1.807) is 19.2 Å². The zero-order valence-electron chi connectivity index (χ0n) is 13.2. The fourth-order valence-electron chi connectivity index (χ4n) is 1.98. The normalized spacial score (nSPS) is 11.1. The fourth-order valence-corrected chi connectivity index (χ4v) is 2.87. The predicted octanol–water partition coefficient (Wildman–Crippen LogP) is 1.50. The maximum Gasteiger partial charge on any atom is 0.238 e. The van der Waals surface area contributed by atoms with Crippen LogP contribution in [0.3, 0.4) is 0 Å². The van der Waals surface area contributed by atoms with Gasteiger partial charge in [0, 0.05) is 19.8 Å². The number of rotatable bonds is 7. The van der Waals surface area contributed by atoms with Crippen molar-refractivity contribution in [1.29, 1.82) is 5.41 Å². The van der Waals surface area contributed by atoms with Crippen LogP contribution in [0.4, 0.5) is 11.6 Å². The second-order valence-electron chi connectivity index (χ2n) is 4.76. The first-order valence-corrected chi connectivity index (χ1v) is 9.66. The Balaban J connectivity index is 2.24. The number of hydrogen-bond donors (Lipinski definition) is 4. The second kappa shape index (κ2) is 7.60. The smallest absolute Gasteiger partial charge is 0.238 e. The highest BCUT2D eigenvalue weighted by atomic mass is 32.2. The number of nitrogens with two attached hydrogens (primary N) is 1. The third kappa shape index (κ3) is 4.22. The van der Waals surface area contributed by atoms with E-state index >= 15 is 0 Å². The SMILES string of the molecule is CNc1nc(SC)nc(NCc2ccc(S(N)(=O)=O)cc2)c1C=N. The van der Waals surface area contributed by atoms with Crippen LogP contribution in [0.1, 0.15) is 11.1 Å². The van der Waals surface area contributed by atoms with E-state index < -0.39 is 10.0 Å². The number of thioether (sulfide) groups is 1. The summed E-state index contributed by atoms with van der Waals surface area (Å²) in [5, 5.41) is 19.3. The maximum atomic E-state index is 11.3. The van der Waals surface area contributed by atoms with Crippen LogP contribution in [-0.4, -0.2) is 37.9 Å². The lowest BCUT2D eigenvalue weighted by molar-refractivity contribution is 0.598. The van der Waals surface area contributed by atoms with E-state index in [1.807, 2.05) is 6.26 Å². The fraction of sp³-hybridized carbons (Fsp3) is 0.214. The lowest BCUT2D eigenvalue weighted by Crippen LogP contribution is -2.12. The molecule has 0 radical (unpaired) electrons. The lowest BCUT2D eigenvalue weighted by atomic mass is 10.2. The summed E-state index contributed by atoms with van der Waals surface area (Å²) >= 11 is 1.40. The van der Waals surface area contributed by atoms with Crippen molar-refractivity contribution in [3.05, 3.63) is 35.4 Å². The van der Waals surface area contributed by atoms with Crippen molar-refractivity contribution in [2.24, 2.45) is 5.14 Å². The van der Waals surface area contributed by atoms with Crippen LogP contribution in [0.5, 0.6) is 0 Å². The van der Waals surface area contributed by atoms with E-state index in [0.717, 1.165) is 5.56 Å². The zero-order chi connectivity index (χ0) is 17.7. The summed E-state index contributed by atoms with van der Waals surface area (Å²) in [7, 11) is -1.97. The highest BCUT2D eigenvalue weighted by molar-refractivity contribution is 7.98. The zero-order valence-corrected chi connectivity index (χ0v) is 14.8. The van der Waals surface area contributed by atoms with Crippen LogP contribution in [-0.2, 0) is 16.6 Å².